The van der Waals surface area contributed by atoms with Crippen LogP contribution in [0, 0.1) is 11.6 Å². The highest BCUT2D eigenvalue weighted by molar-refractivity contribution is 5.59. The van der Waals surface area contributed by atoms with Crippen LogP contribution >= 0.6 is 0 Å². The first-order valence-electron chi connectivity index (χ1n) is 5.75. The smallest absolute Gasteiger partial charge is 0.135 e. The predicted octanol–water partition coefficient (Wildman–Crippen LogP) is 3.16. The minimum Gasteiger partial charge on any atom is -0.334 e. The van der Waals surface area contributed by atoms with Gasteiger partial charge < -0.3 is 4.57 Å². The number of fused-ring (bicyclic) bond motifs is 1. The van der Waals surface area contributed by atoms with Gasteiger partial charge in [0.1, 0.15) is 17.5 Å². The molecule has 0 amide bonds. The van der Waals surface area contributed by atoms with Crippen LogP contribution in [0.15, 0.2) is 24.4 Å². The number of benzene rings is 1. The van der Waals surface area contributed by atoms with Gasteiger partial charge >= 0.3 is 0 Å². The molecule has 2 nitrogen and oxygen atoms in total. The van der Waals surface area contributed by atoms with E-state index < -0.39 is 11.6 Å². The topological polar surface area (TPSA) is 17.8 Å². The number of nitrogens with zero attached hydrogens (tertiary/aromatic N) is 2. The lowest BCUT2D eigenvalue weighted by atomic mass is 10.1. The van der Waals surface area contributed by atoms with Crippen LogP contribution in [0.3, 0.4) is 0 Å². The predicted molar refractivity (Wildman–Crippen MR) is 60.5 cm³/mol. The van der Waals surface area contributed by atoms with E-state index in [1.165, 1.54) is 12.1 Å². The Kier molecular flexibility index (Phi) is 2.42. The highest BCUT2D eigenvalue weighted by atomic mass is 19.1. The molecule has 0 aliphatic carbocycles. The van der Waals surface area contributed by atoms with Crippen molar-refractivity contribution in [3.63, 3.8) is 0 Å². The Morgan fingerprint density at radius 1 is 1.18 bits per heavy atom. The molecular weight excluding hydrogens is 222 g/mol. The number of imidazole rings is 1. The molecule has 0 fully saturated rings. The lowest BCUT2D eigenvalue weighted by Gasteiger charge is -2.11. The molecule has 88 valence electrons. The first kappa shape index (κ1) is 10.4. The monoisotopic (exact) mass is 234 g/mol. The van der Waals surface area contributed by atoms with E-state index in [0.717, 1.165) is 37.7 Å². The molecule has 0 N–H and O–H groups in total. The maximum atomic E-state index is 13.6. The third-order valence-corrected chi connectivity index (χ3v) is 3.12. The minimum absolute atomic E-state index is 0.369. The molecule has 0 atom stereocenters. The summed E-state index contributed by atoms with van der Waals surface area (Å²) in [4.78, 5) is 4.41. The fraction of sp³-hybridized carbons (Fsp3) is 0.308. The number of halogens is 2. The van der Waals surface area contributed by atoms with Crippen molar-refractivity contribution in [3.8, 4) is 11.3 Å². The zero-order valence-corrected chi connectivity index (χ0v) is 9.29. The molecule has 3 rings (SSSR count). The maximum absolute atomic E-state index is 13.6. The Bertz CT molecular complexity index is 537. The zero-order valence-electron chi connectivity index (χ0n) is 9.29. The van der Waals surface area contributed by atoms with Gasteiger partial charge in [0.25, 0.3) is 0 Å². The van der Waals surface area contributed by atoms with Gasteiger partial charge in [0.2, 0.25) is 0 Å². The Morgan fingerprint density at radius 3 is 2.82 bits per heavy atom. The number of aromatic nitrogens is 2. The molecular formula is C13H12F2N2. The maximum Gasteiger partial charge on any atom is 0.135 e. The van der Waals surface area contributed by atoms with E-state index in [1.54, 1.807) is 0 Å². The van der Waals surface area contributed by atoms with Gasteiger partial charge in [-0.25, -0.2) is 13.8 Å². The fourth-order valence-electron chi connectivity index (χ4n) is 2.24. The summed E-state index contributed by atoms with van der Waals surface area (Å²) in [6.07, 6.45) is 5.05. The fourth-order valence-corrected chi connectivity index (χ4v) is 2.24. The van der Waals surface area contributed by atoms with Crippen molar-refractivity contribution in [1.82, 2.24) is 9.55 Å². The van der Waals surface area contributed by atoms with Crippen molar-refractivity contribution in [2.24, 2.45) is 0 Å². The van der Waals surface area contributed by atoms with Gasteiger partial charge in [-0.3, -0.25) is 0 Å². The average molecular weight is 234 g/mol. The second kappa shape index (κ2) is 3.95. The summed E-state index contributed by atoms with van der Waals surface area (Å²) in [5, 5.41) is 0. The molecule has 2 heterocycles. The van der Waals surface area contributed by atoms with Crippen molar-refractivity contribution < 1.29 is 8.78 Å². The Labute approximate surface area is 97.9 Å². The van der Waals surface area contributed by atoms with Gasteiger partial charge in [-0.2, -0.15) is 0 Å². The molecule has 17 heavy (non-hydrogen) atoms. The Balaban J connectivity index is 2.06. The molecule has 0 bridgehead atoms. The van der Waals surface area contributed by atoms with Crippen molar-refractivity contribution >= 4 is 0 Å². The summed E-state index contributed by atoms with van der Waals surface area (Å²) in [6, 6.07) is 3.60. The van der Waals surface area contributed by atoms with Crippen LogP contribution < -0.4 is 0 Å². The first-order chi connectivity index (χ1) is 8.24. The van der Waals surface area contributed by atoms with Crippen LogP contribution in [0.2, 0.25) is 0 Å². The number of rotatable bonds is 1. The van der Waals surface area contributed by atoms with Gasteiger partial charge in [-0.15, -0.1) is 0 Å². The summed E-state index contributed by atoms with van der Waals surface area (Å²) < 4.78 is 28.5. The molecule has 1 aliphatic rings. The highest BCUT2D eigenvalue weighted by Gasteiger charge is 2.15. The summed E-state index contributed by atoms with van der Waals surface area (Å²) >= 11 is 0. The average Bonchev–Trinajstić information content (AvgIpc) is 2.72. The lowest BCUT2D eigenvalue weighted by Crippen LogP contribution is -2.08. The normalized spacial score (nSPS) is 14.7. The van der Waals surface area contributed by atoms with Crippen molar-refractivity contribution in [3.05, 3.63) is 41.9 Å². The van der Waals surface area contributed by atoms with Gasteiger partial charge in [0.15, 0.2) is 0 Å². The quantitative estimate of drug-likeness (QED) is 0.741. The first-order valence-corrected chi connectivity index (χ1v) is 5.75. The van der Waals surface area contributed by atoms with E-state index in [4.69, 9.17) is 0 Å². The lowest BCUT2D eigenvalue weighted by molar-refractivity contribution is 0.522. The number of aryl methyl sites for hydroxylation is 2. The van der Waals surface area contributed by atoms with Crippen molar-refractivity contribution in [1.29, 1.82) is 0 Å². The van der Waals surface area contributed by atoms with E-state index in [1.807, 2.05) is 6.20 Å². The van der Waals surface area contributed by atoms with Crippen molar-refractivity contribution in [2.75, 3.05) is 0 Å². The third-order valence-electron chi connectivity index (χ3n) is 3.12. The van der Waals surface area contributed by atoms with Crippen LogP contribution in [0.1, 0.15) is 18.7 Å². The second-order valence-corrected chi connectivity index (χ2v) is 4.32. The molecule has 1 aromatic heterocycles. The molecule has 1 aliphatic heterocycles. The molecule has 2 aromatic rings. The zero-order chi connectivity index (χ0) is 11.8. The van der Waals surface area contributed by atoms with E-state index >= 15 is 0 Å². The summed E-state index contributed by atoms with van der Waals surface area (Å²) in [5.41, 5.74) is 0.965. The van der Waals surface area contributed by atoms with Gasteiger partial charge in [-0.1, -0.05) is 0 Å². The number of hydrogen-bond acceptors (Lipinski definition) is 1. The molecule has 4 heteroatoms. The summed E-state index contributed by atoms with van der Waals surface area (Å²) in [6.45, 7) is 0.936. The van der Waals surface area contributed by atoms with Crippen LogP contribution in [0.4, 0.5) is 8.78 Å². The van der Waals surface area contributed by atoms with E-state index in [2.05, 4.69) is 9.55 Å². The molecule has 0 unspecified atom stereocenters. The van der Waals surface area contributed by atoms with Gasteiger partial charge in [0, 0.05) is 30.8 Å². The minimum atomic E-state index is -0.560. The molecule has 1 aromatic carbocycles. The van der Waals surface area contributed by atoms with Crippen molar-refractivity contribution in [2.45, 2.75) is 25.8 Å². The standard InChI is InChI=1S/C13H12F2N2/c14-9-4-5-10(11(15)7-9)12-8-17-6-2-1-3-13(17)16-12/h4-5,7-8H,1-3,6H2. The van der Waals surface area contributed by atoms with Crippen LogP contribution in [-0.4, -0.2) is 9.55 Å². The summed E-state index contributed by atoms with van der Waals surface area (Å²) in [5.74, 6) is -0.120. The molecule has 0 spiro atoms. The molecule has 0 saturated heterocycles. The SMILES string of the molecule is Fc1ccc(-c2cn3c(n2)CCCC3)c(F)c1. The van der Waals surface area contributed by atoms with E-state index in [-0.39, 0.29) is 0 Å². The van der Waals surface area contributed by atoms with Crippen LogP contribution in [0.25, 0.3) is 11.3 Å². The molecule has 0 saturated carbocycles. The van der Waals surface area contributed by atoms with Gasteiger partial charge in [-0.05, 0) is 25.0 Å². The Morgan fingerprint density at radius 2 is 2.06 bits per heavy atom. The highest BCUT2D eigenvalue weighted by Crippen LogP contribution is 2.25. The number of hydrogen-bond donors (Lipinski definition) is 0. The van der Waals surface area contributed by atoms with Crippen LogP contribution in [-0.2, 0) is 13.0 Å². The third kappa shape index (κ3) is 1.84. The van der Waals surface area contributed by atoms with Gasteiger partial charge in [0.05, 0.1) is 5.69 Å². The van der Waals surface area contributed by atoms with Crippen LogP contribution in [0.5, 0.6) is 0 Å². The second-order valence-electron chi connectivity index (χ2n) is 4.32. The summed E-state index contributed by atoms with van der Waals surface area (Å²) in [7, 11) is 0. The van der Waals surface area contributed by atoms with E-state index in [9.17, 15) is 8.78 Å². The Hall–Kier alpha value is -1.71. The largest absolute Gasteiger partial charge is 0.334 e. The van der Waals surface area contributed by atoms with E-state index in [0.29, 0.717) is 11.3 Å². The molecule has 0 radical (unpaired) electrons.